The first-order valence-corrected chi connectivity index (χ1v) is 14.6. The number of nitrogens with two attached hydrogens (primary N) is 1. The Morgan fingerprint density at radius 1 is 1.11 bits per heavy atom. The molecular weight excluding hydrogens is 518 g/mol. The summed E-state index contributed by atoms with van der Waals surface area (Å²) in [5.74, 6) is 0.684. The van der Waals surface area contributed by atoms with Crippen LogP contribution in [-0.2, 0) is 22.4 Å². The first-order valence-electron chi connectivity index (χ1n) is 12.9. The van der Waals surface area contributed by atoms with E-state index in [0.29, 0.717) is 33.5 Å². The molecule has 0 aromatic carbocycles. The van der Waals surface area contributed by atoms with Crippen molar-refractivity contribution < 1.29 is 9.59 Å². The number of rotatable bonds is 10. The first kappa shape index (κ1) is 27.8. The van der Waals surface area contributed by atoms with Crippen molar-refractivity contribution in [1.29, 1.82) is 0 Å². The average Bonchev–Trinajstić information content (AvgIpc) is 3.58. The summed E-state index contributed by atoms with van der Waals surface area (Å²) in [6, 6.07) is 11.0. The summed E-state index contributed by atoms with van der Waals surface area (Å²) in [6.07, 6.45) is 7.70. The molecule has 11 heteroatoms. The van der Waals surface area contributed by atoms with Gasteiger partial charge in [-0.2, -0.15) is 4.99 Å². The molecule has 3 aromatic rings. The minimum absolute atomic E-state index is 0.138. The lowest BCUT2D eigenvalue weighted by Crippen LogP contribution is -2.27. The molecule has 1 fully saturated rings. The third kappa shape index (κ3) is 7.91. The highest BCUT2D eigenvalue weighted by Crippen LogP contribution is 2.46. The zero-order valence-electron chi connectivity index (χ0n) is 21.6. The van der Waals surface area contributed by atoms with E-state index in [2.05, 4.69) is 44.3 Å². The van der Waals surface area contributed by atoms with Crippen LogP contribution in [0.3, 0.4) is 0 Å². The maximum atomic E-state index is 12.4. The van der Waals surface area contributed by atoms with Gasteiger partial charge in [-0.05, 0) is 55.4 Å². The fourth-order valence-corrected chi connectivity index (χ4v) is 6.92. The second kappa shape index (κ2) is 13.6. The van der Waals surface area contributed by atoms with Crippen molar-refractivity contribution in [2.75, 3.05) is 5.32 Å². The Morgan fingerprint density at radius 3 is 2.47 bits per heavy atom. The number of thioether (sulfide) groups is 1. The van der Waals surface area contributed by atoms with E-state index in [0.717, 1.165) is 30.7 Å². The van der Waals surface area contributed by atoms with Gasteiger partial charge in [0, 0.05) is 34.9 Å². The van der Waals surface area contributed by atoms with Gasteiger partial charge in [-0.25, -0.2) is 0 Å². The summed E-state index contributed by atoms with van der Waals surface area (Å²) in [6.45, 7) is 4.41. The topological polar surface area (TPSA) is 136 Å². The molecule has 0 aliphatic heterocycles. The third-order valence-electron chi connectivity index (χ3n) is 6.80. The number of amides is 2. The molecular formula is C27H33N7O2S2. The van der Waals surface area contributed by atoms with Gasteiger partial charge in [-0.1, -0.05) is 55.5 Å². The lowest BCUT2D eigenvalue weighted by molar-refractivity contribution is -0.117. The average molecular weight is 552 g/mol. The zero-order chi connectivity index (χ0) is 26.9. The van der Waals surface area contributed by atoms with Crippen LogP contribution in [0.1, 0.15) is 61.8 Å². The first-order chi connectivity index (χ1) is 18.4. The van der Waals surface area contributed by atoms with Gasteiger partial charge in [0.05, 0.1) is 12.8 Å². The number of hydrogen-bond acceptors (Lipinski definition) is 8. The Balaban J connectivity index is 1.34. The van der Waals surface area contributed by atoms with Crippen LogP contribution in [0, 0.1) is 11.8 Å². The maximum Gasteiger partial charge on any atom is 0.254 e. The minimum atomic E-state index is -0.285. The quantitative estimate of drug-likeness (QED) is 0.275. The SMILES string of the molecule is CCC(C)C(SC(N)=NC(=O)Cc1ccccn1)C1CCC(c2nnc(NC(=O)Cc3ccccn3)s2)C1. The summed E-state index contributed by atoms with van der Waals surface area (Å²) in [4.78, 5) is 37.3. The van der Waals surface area contributed by atoms with Gasteiger partial charge in [-0.15, -0.1) is 10.2 Å². The monoisotopic (exact) mass is 551 g/mol. The number of aromatic nitrogens is 4. The van der Waals surface area contributed by atoms with Crippen molar-refractivity contribution in [3.8, 4) is 0 Å². The van der Waals surface area contributed by atoms with E-state index >= 15 is 0 Å². The van der Waals surface area contributed by atoms with Crippen molar-refractivity contribution in [3.05, 3.63) is 65.2 Å². The minimum Gasteiger partial charge on any atom is -0.378 e. The maximum absolute atomic E-state index is 12.4. The van der Waals surface area contributed by atoms with Gasteiger partial charge in [0.15, 0.2) is 5.17 Å². The Bertz CT molecular complexity index is 1240. The van der Waals surface area contributed by atoms with Crippen LogP contribution in [-0.4, -0.2) is 42.4 Å². The van der Waals surface area contributed by atoms with Crippen LogP contribution in [0.2, 0.25) is 0 Å². The molecule has 38 heavy (non-hydrogen) atoms. The zero-order valence-corrected chi connectivity index (χ0v) is 23.3. The second-order valence-electron chi connectivity index (χ2n) is 9.57. The van der Waals surface area contributed by atoms with E-state index in [1.807, 2.05) is 36.4 Å². The number of aliphatic imine (C=N–C) groups is 1. The van der Waals surface area contributed by atoms with Crippen LogP contribution in [0.4, 0.5) is 5.13 Å². The smallest absolute Gasteiger partial charge is 0.254 e. The number of nitrogens with one attached hydrogen (secondary N) is 1. The van der Waals surface area contributed by atoms with Crippen molar-refractivity contribution in [1.82, 2.24) is 20.2 Å². The Morgan fingerprint density at radius 2 is 1.82 bits per heavy atom. The van der Waals surface area contributed by atoms with Crippen LogP contribution >= 0.6 is 23.1 Å². The molecule has 0 saturated heterocycles. The fraction of sp³-hybridized carbons (Fsp3) is 0.444. The van der Waals surface area contributed by atoms with Gasteiger partial charge < -0.3 is 11.1 Å². The van der Waals surface area contributed by atoms with Gasteiger partial charge in [0.1, 0.15) is 5.01 Å². The van der Waals surface area contributed by atoms with Crippen LogP contribution in [0.5, 0.6) is 0 Å². The number of hydrogen-bond donors (Lipinski definition) is 2. The number of amidine groups is 1. The van der Waals surface area contributed by atoms with Crippen LogP contribution in [0.15, 0.2) is 53.8 Å². The predicted octanol–water partition coefficient (Wildman–Crippen LogP) is 4.62. The molecule has 4 rings (SSSR count). The van der Waals surface area contributed by atoms with Gasteiger partial charge in [0.25, 0.3) is 5.91 Å². The number of carbonyl (C=O) groups is 2. The molecule has 0 spiro atoms. The predicted molar refractivity (Wildman–Crippen MR) is 152 cm³/mol. The van der Waals surface area contributed by atoms with E-state index in [1.54, 1.807) is 12.4 Å². The van der Waals surface area contributed by atoms with E-state index in [4.69, 9.17) is 5.73 Å². The summed E-state index contributed by atoms with van der Waals surface area (Å²) in [5.41, 5.74) is 7.64. The van der Waals surface area contributed by atoms with Crippen molar-refractivity contribution in [3.63, 3.8) is 0 Å². The van der Waals surface area contributed by atoms with Crippen molar-refractivity contribution in [2.24, 2.45) is 22.6 Å². The lowest BCUT2D eigenvalue weighted by atomic mass is 9.91. The van der Waals surface area contributed by atoms with Gasteiger partial charge >= 0.3 is 0 Å². The van der Waals surface area contributed by atoms with Crippen LogP contribution in [0.25, 0.3) is 0 Å². The normalized spacial score (nSPS) is 19.2. The third-order valence-corrected chi connectivity index (χ3v) is 9.25. The molecule has 3 heterocycles. The lowest BCUT2D eigenvalue weighted by Gasteiger charge is -2.28. The van der Waals surface area contributed by atoms with E-state index in [-0.39, 0.29) is 35.8 Å². The van der Waals surface area contributed by atoms with Gasteiger partial charge in [-0.3, -0.25) is 19.6 Å². The summed E-state index contributed by atoms with van der Waals surface area (Å²) >= 11 is 2.96. The Hall–Kier alpha value is -3.18. The Labute approximate surface area is 231 Å². The molecule has 1 aliphatic carbocycles. The van der Waals surface area contributed by atoms with E-state index < -0.39 is 0 Å². The van der Waals surface area contributed by atoms with E-state index in [9.17, 15) is 9.59 Å². The molecule has 4 unspecified atom stereocenters. The second-order valence-corrected chi connectivity index (χ2v) is 11.8. The molecule has 3 aromatic heterocycles. The molecule has 2 amide bonds. The fourth-order valence-electron chi connectivity index (χ4n) is 4.71. The summed E-state index contributed by atoms with van der Waals surface area (Å²) in [5, 5.41) is 13.5. The number of carbonyl (C=O) groups excluding carboxylic acids is 2. The molecule has 3 N–H and O–H groups in total. The molecule has 1 saturated carbocycles. The van der Waals surface area contributed by atoms with E-state index in [1.165, 1.54) is 23.1 Å². The highest BCUT2D eigenvalue weighted by molar-refractivity contribution is 8.14. The number of anilines is 1. The number of pyridine rings is 2. The molecule has 9 nitrogen and oxygen atoms in total. The molecule has 4 atom stereocenters. The largest absolute Gasteiger partial charge is 0.378 e. The summed E-state index contributed by atoms with van der Waals surface area (Å²) < 4.78 is 0. The molecule has 200 valence electrons. The summed E-state index contributed by atoms with van der Waals surface area (Å²) in [7, 11) is 0. The number of nitrogens with zero attached hydrogens (tertiary/aromatic N) is 5. The highest BCUT2D eigenvalue weighted by Gasteiger charge is 2.36. The van der Waals surface area contributed by atoms with Crippen LogP contribution < -0.4 is 11.1 Å². The Kier molecular flexibility index (Phi) is 9.94. The highest BCUT2D eigenvalue weighted by atomic mass is 32.2. The standard InChI is InChI=1S/C27H33N7O2S2/c1-3-17(2)24(37-26(28)31-22(35)15-20-8-4-6-12-29-20)18-10-11-19(14-18)25-33-34-27(38-25)32-23(36)16-21-9-5-7-13-30-21/h4-9,12-13,17-19,24H,3,10-11,14-16H2,1-2H3,(H2,28,31,35)(H,32,34,36). The van der Waals surface area contributed by atoms with Crippen molar-refractivity contribution >= 4 is 45.2 Å². The molecule has 0 radical (unpaired) electrons. The van der Waals surface area contributed by atoms with Gasteiger partial charge in [0.2, 0.25) is 11.0 Å². The molecule has 1 aliphatic rings. The van der Waals surface area contributed by atoms with Crippen molar-refractivity contribution in [2.45, 2.75) is 63.5 Å². The molecule has 0 bridgehead atoms.